The fourth-order valence-corrected chi connectivity index (χ4v) is 2.02. The van der Waals surface area contributed by atoms with Crippen molar-refractivity contribution in [1.29, 1.82) is 0 Å². The van der Waals surface area contributed by atoms with Crippen LogP contribution >= 0.6 is 15.9 Å². The van der Waals surface area contributed by atoms with Crippen LogP contribution in [0.4, 0.5) is 0 Å². The third-order valence-electron chi connectivity index (χ3n) is 2.41. The Morgan fingerprint density at radius 3 is 2.76 bits per heavy atom. The molecule has 0 saturated carbocycles. The molecule has 86 valence electrons. The van der Waals surface area contributed by atoms with Crippen LogP contribution in [0.5, 0.6) is 0 Å². The van der Waals surface area contributed by atoms with E-state index in [9.17, 15) is 4.79 Å². The second kappa shape index (κ2) is 4.67. The molecule has 3 nitrogen and oxygen atoms in total. The number of hydrogen-bond donors (Lipinski definition) is 1. The Balaban J connectivity index is 2.65. The van der Waals surface area contributed by atoms with E-state index in [1.165, 1.54) is 6.20 Å². The SMILES string of the molecule is Cc1cc(-c2cccc(Br)c2)c(C(=O)O)cn1. The summed E-state index contributed by atoms with van der Waals surface area (Å²) in [6, 6.07) is 9.33. The number of pyridine rings is 1. The van der Waals surface area contributed by atoms with Gasteiger partial charge in [-0.3, -0.25) is 4.98 Å². The highest BCUT2D eigenvalue weighted by molar-refractivity contribution is 9.10. The van der Waals surface area contributed by atoms with Crippen LogP contribution in [0.3, 0.4) is 0 Å². The molecule has 1 N–H and O–H groups in total. The fraction of sp³-hybridized carbons (Fsp3) is 0.0769. The summed E-state index contributed by atoms with van der Waals surface area (Å²) < 4.78 is 0.917. The number of aromatic nitrogens is 1. The van der Waals surface area contributed by atoms with Crippen molar-refractivity contribution in [3.05, 3.63) is 52.3 Å². The van der Waals surface area contributed by atoms with E-state index in [1.807, 2.05) is 31.2 Å². The number of carboxylic acids is 1. The zero-order valence-corrected chi connectivity index (χ0v) is 10.7. The number of rotatable bonds is 2. The van der Waals surface area contributed by atoms with Gasteiger partial charge in [-0.1, -0.05) is 28.1 Å². The summed E-state index contributed by atoms with van der Waals surface area (Å²) in [6.45, 7) is 1.84. The van der Waals surface area contributed by atoms with Gasteiger partial charge < -0.3 is 5.11 Å². The summed E-state index contributed by atoms with van der Waals surface area (Å²) in [5.41, 5.74) is 2.56. The molecule has 1 heterocycles. The predicted octanol–water partition coefficient (Wildman–Crippen LogP) is 3.52. The van der Waals surface area contributed by atoms with Crippen LogP contribution in [0.2, 0.25) is 0 Å². The zero-order valence-electron chi connectivity index (χ0n) is 9.14. The molecular weight excluding hydrogens is 282 g/mol. The molecule has 0 spiro atoms. The second-order valence-corrected chi connectivity index (χ2v) is 4.60. The van der Waals surface area contributed by atoms with Gasteiger partial charge in [-0.2, -0.15) is 0 Å². The van der Waals surface area contributed by atoms with Crippen LogP contribution in [-0.2, 0) is 0 Å². The van der Waals surface area contributed by atoms with Gasteiger partial charge in [-0.05, 0) is 36.2 Å². The van der Waals surface area contributed by atoms with E-state index in [0.29, 0.717) is 5.56 Å². The Kier molecular flexibility index (Phi) is 3.24. The molecule has 0 atom stereocenters. The number of aryl methyl sites for hydroxylation is 1. The minimum absolute atomic E-state index is 0.216. The van der Waals surface area contributed by atoms with Gasteiger partial charge in [0, 0.05) is 16.4 Å². The van der Waals surface area contributed by atoms with Crippen LogP contribution in [0, 0.1) is 6.92 Å². The highest BCUT2D eigenvalue weighted by Gasteiger charge is 2.12. The van der Waals surface area contributed by atoms with Crippen molar-refractivity contribution in [2.75, 3.05) is 0 Å². The van der Waals surface area contributed by atoms with Gasteiger partial charge >= 0.3 is 5.97 Å². The van der Waals surface area contributed by atoms with Crippen molar-refractivity contribution in [3.8, 4) is 11.1 Å². The lowest BCUT2D eigenvalue weighted by atomic mass is 10.0. The number of carboxylic acid groups (broad SMARTS) is 1. The van der Waals surface area contributed by atoms with Crippen LogP contribution in [-0.4, -0.2) is 16.1 Å². The smallest absolute Gasteiger partial charge is 0.337 e. The molecule has 2 aromatic rings. The van der Waals surface area contributed by atoms with E-state index in [-0.39, 0.29) is 5.56 Å². The minimum atomic E-state index is -0.965. The normalized spacial score (nSPS) is 10.2. The number of carbonyl (C=O) groups is 1. The van der Waals surface area contributed by atoms with E-state index in [4.69, 9.17) is 5.11 Å². The lowest BCUT2D eigenvalue weighted by Crippen LogP contribution is -2.01. The summed E-state index contributed by atoms with van der Waals surface area (Å²) in [5, 5.41) is 9.14. The number of halogens is 1. The van der Waals surface area contributed by atoms with Crippen LogP contribution in [0.25, 0.3) is 11.1 Å². The van der Waals surface area contributed by atoms with Crippen LogP contribution in [0.1, 0.15) is 16.1 Å². The predicted molar refractivity (Wildman–Crippen MR) is 69.1 cm³/mol. The van der Waals surface area contributed by atoms with E-state index in [2.05, 4.69) is 20.9 Å². The molecule has 0 aliphatic carbocycles. The fourth-order valence-electron chi connectivity index (χ4n) is 1.63. The third kappa shape index (κ3) is 2.53. The maximum atomic E-state index is 11.1. The average molecular weight is 292 g/mol. The molecule has 0 radical (unpaired) electrons. The molecule has 2 rings (SSSR count). The Bertz CT molecular complexity index is 581. The van der Waals surface area contributed by atoms with E-state index < -0.39 is 5.97 Å². The van der Waals surface area contributed by atoms with Crippen molar-refractivity contribution in [2.24, 2.45) is 0 Å². The molecule has 1 aromatic heterocycles. The molecule has 0 amide bonds. The Hall–Kier alpha value is -1.68. The van der Waals surface area contributed by atoms with Gasteiger partial charge in [0.15, 0.2) is 0 Å². The molecule has 4 heteroatoms. The van der Waals surface area contributed by atoms with Crippen LogP contribution in [0.15, 0.2) is 41.0 Å². The average Bonchev–Trinajstić information content (AvgIpc) is 2.28. The van der Waals surface area contributed by atoms with Gasteiger partial charge in [0.25, 0.3) is 0 Å². The maximum Gasteiger partial charge on any atom is 0.337 e. The molecule has 17 heavy (non-hydrogen) atoms. The third-order valence-corrected chi connectivity index (χ3v) is 2.90. The van der Waals surface area contributed by atoms with Gasteiger partial charge in [0.1, 0.15) is 0 Å². The molecule has 0 unspecified atom stereocenters. The van der Waals surface area contributed by atoms with Gasteiger partial charge in [0.05, 0.1) is 5.56 Å². The Morgan fingerprint density at radius 2 is 2.12 bits per heavy atom. The van der Waals surface area contributed by atoms with Crippen molar-refractivity contribution in [2.45, 2.75) is 6.92 Å². The van der Waals surface area contributed by atoms with Crippen molar-refractivity contribution < 1.29 is 9.90 Å². The zero-order chi connectivity index (χ0) is 12.4. The molecule has 1 aromatic carbocycles. The summed E-state index contributed by atoms with van der Waals surface area (Å²) in [6.07, 6.45) is 1.40. The summed E-state index contributed by atoms with van der Waals surface area (Å²) in [5.74, 6) is -0.965. The number of benzene rings is 1. The van der Waals surface area contributed by atoms with E-state index in [1.54, 1.807) is 6.07 Å². The minimum Gasteiger partial charge on any atom is -0.478 e. The van der Waals surface area contributed by atoms with Gasteiger partial charge in [-0.25, -0.2) is 4.79 Å². The first kappa shape index (κ1) is 11.8. The Labute approximate surface area is 107 Å². The van der Waals surface area contributed by atoms with Gasteiger partial charge in [0.2, 0.25) is 0 Å². The first-order valence-electron chi connectivity index (χ1n) is 5.04. The molecule has 0 aliphatic heterocycles. The van der Waals surface area contributed by atoms with Crippen molar-refractivity contribution in [3.63, 3.8) is 0 Å². The number of aromatic carboxylic acids is 1. The lowest BCUT2D eigenvalue weighted by molar-refractivity contribution is 0.0697. The first-order valence-corrected chi connectivity index (χ1v) is 5.83. The van der Waals surface area contributed by atoms with E-state index >= 15 is 0 Å². The summed E-state index contributed by atoms with van der Waals surface area (Å²) in [7, 11) is 0. The first-order chi connectivity index (χ1) is 8.08. The lowest BCUT2D eigenvalue weighted by Gasteiger charge is -2.07. The number of nitrogens with zero attached hydrogens (tertiary/aromatic N) is 1. The highest BCUT2D eigenvalue weighted by Crippen LogP contribution is 2.26. The quantitative estimate of drug-likeness (QED) is 0.921. The second-order valence-electron chi connectivity index (χ2n) is 3.69. The maximum absolute atomic E-state index is 11.1. The summed E-state index contributed by atoms with van der Waals surface area (Å²) >= 11 is 3.38. The highest BCUT2D eigenvalue weighted by atomic mass is 79.9. The molecule has 0 bridgehead atoms. The topological polar surface area (TPSA) is 50.2 Å². The standard InChI is InChI=1S/C13H10BrNO2/c1-8-5-11(12(7-15-8)13(16)17)9-3-2-4-10(14)6-9/h2-7H,1H3,(H,16,17). The van der Waals surface area contributed by atoms with Crippen LogP contribution < -0.4 is 0 Å². The molecular formula is C13H10BrNO2. The van der Waals surface area contributed by atoms with Gasteiger partial charge in [-0.15, -0.1) is 0 Å². The summed E-state index contributed by atoms with van der Waals surface area (Å²) in [4.78, 5) is 15.2. The van der Waals surface area contributed by atoms with Crippen molar-refractivity contribution in [1.82, 2.24) is 4.98 Å². The molecule has 0 aliphatic rings. The largest absolute Gasteiger partial charge is 0.478 e. The number of hydrogen-bond acceptors (Lipinski definition) is 2. The Morgan fingerprint density at radius 1 is 1.35 bits per heavy atom. The molecule has 0 saturated heterocycles. The van der Waals surface area contributed by atoms with Crippen molar-refractivity contribution >= 4 is 21.9 Å². The van der Waals surface area contributed by atoms with E-state index in [0.717, 1.165) is 15.7 Å². The monoisotopic (exact) mass is 291 g/mol. The molecule has 0 fully saturated rings.